The highest BCUT2D eigenvalue weighted by Gasteiger charge is 2.43. The minimum atomic E-state index is -0.338. The maximum Gasteiger partial charge on any atom is 0.329 e. The number of hydrogen-bond donors (Lipinski definition) is 0. The molecule has 0 spiro atoms. The molecule has 5 rings (SSSR count). The molecule has 0 radical (unpaired) electrons. The number of ether oxygens (including phenoxy) is 1. The van der Waals surface area contributed by atoms with Gasteiger partial charge < -0.3 is 14.2 Å². The van der Waals surface area contributed by atoms with Crippen LogP contribution >= 0.6 is 0 Å². The van der Waals surface area contributed by atoms with E-state index in [2.05, 4.69) is 74.4 Å². The first-order valence-corrected chi connectivity index (χ1v) is 14.4. The smallest absolute Gasteiger partial charge is 0.329 e. The molecule has 1 aromatic heterocycles. The van der Waals surface area contributed by atoms with Gasteiger partial charge in [0.05, 0.1) is 11.0 Å². The Hall–Kier alpha value is -2.82. The van der Waals surface area contributed by atoms with Gasteiger partial charge in [-0.15, -0.1) is 0 Å². The van der Waals surface area contributed by atoms with Crippen LogP contribution < -0.4 is 4.90 Å². The lowest BCUT2D eigenvalue weighted by Crippen LogP contribution is -2.38. The number of para-hydroxylation sites is 2. The number of hydrogen-bond acceptors (Lipinski definition) is 4. The lowest BCUT2D eigenvalue weighted by atomic mass is 9.75. The van der Waals surface area contributed by atoms with Crippen molar-refractivity contribution in [2.45, 2.75) is 78.9 Å². The van der Waals surface area contributed by atoms with Crippen LogP contribution in [0.5, 0.6) is 0 Å². The third kappa shape index (κ3) is 5.28. The predicted octanol–water partition coefficient (Wildman–Crippen LogP) is 7.50. The van der Waals surface area contributed by atoms with Crippen molar-refractivity contribution in [1.82, 2.24) is 9.55 Å². The van der Waals surface area contributed by atoms with Crippen LogP contribution in [-0.4, -0.2) is 34.7 Å². The number of imidazole rings is 1. The maximum atomic E-state index is 14.0. The molecule has 0 aliphatic heterocycles. The Morgan fingerprint density at radius 1 is 1.03 bits per heavy atom. The highest BCUT2D eigenvalue weighted by atomic mass is 16.5. The fourth-order valence-corrected chi connectivity index (χ4v) is 6.33. The topological polar surface area (TPSA) is 47.4 Å². The highest BCUT2D eigenvalue weighted by Crippen LogP contribution is 2.45. The van der Waals surface area contributed by atoms with E-state index in [1.54, 1.807) is 0 Å². The summed E-state index contributed by atoms with van der Waals surface area (Å²) in [5, 5.41) is 0. The Morgan fingerprint density at radius 3 is 2.38 bits per heavy atom. The van der Waals surface area contributed by atoms with E-state index in [4.69, 9.17) is 9.72 Å². The molecular weight excluding hydrogens is 458 g/mol. The quantitative estimate of drug-likeness (QED) is 0.285. The molecule has 0 amide bonds. The van der Waals surface area contributed by atoms with Crippen molar-refractivity contribution < 1.29 is 9.53 Å². The number of benzene rings is 2. The molecule has 2 aliphatic carbocycles. The summed E-state index contributed by atoms with van der Waals surface area (Å²) in [7, 11) is 0. The molecule has 1 heterocycles. The SMILES string of the molecule is CCN(CC)c1ccc(-c2nc3ccccc3n2[C@@H](C(=O)O[C@@H]2CC(C)CC[C@H]2C(C)C)C2CC2)cc1. The van der Waals surface area contributed by atoms with Crippen LogP contribution in [0.2, 0.25) is 0 Å². The van der Waals surface area contributed by atoms with Gasteiger partial charge in [0.2, 0.25) is 0 Å². The summed E-state index contributed by atoms with van der Waals surface area (Å²) in [5.74, 6) is 2.64. The van der Waals surface area contributed by atoms with Gasteiger partial charge >= 0.3 is 5.97 Å². The molecule has 3 aromatic rings. The van der Waals surface area contributed by atoms with Gasteiger partial charge in [-0.05, 0) is 99.6 Å². The molecule has 5 heteroatoms. The Balaban J connectivity index is 1.52. The lowest BCUT2D eigenvalue weighted by molar-refractivity contribution is -0.160. The van der Waals surface area contributed by atoms with Crippen molar-refractivity contribution >= 4 is 22.7 Å². The molecular formula is C32H43N3O2. The van der Waals surface area contributed by atoms with Crippen molar-refractivity contribution in [3.63, 3.8) is 0 Å². The van der Waals surface area contributed by atoms with Crippen LogP contribution in [-0.2, 0) is 9.53 Å². The van der Waals surface area contributed by atoms with Crippen LogP contribution in [0.25, 0.3) is 22.4 Å². The van der Waals surface area contributed by atoms with Crippen LogP contribution in [0, 0.1) is 23.7 Å². The summed E-state index contributed by atoms with van der Waals surface area (Å²) < 4.78 is 8.64. The second-order valence-electron chi connectivity index (χ2n) is 11.6. The van der Waals surface area contributed by atoms with E-state index in [1.165, 1.54) is 12.1 Å². The van der Waals surface area contributed by atoms with Crippen molar-refractivity contribution in [2.24, 2.45) is 23.7 Å². The van der Waals surface area contributed by atoms with E-state index < -0.39 is 0 Å². The van der Waals surface area contributed by atoms with E-state index in [-0.39, 0.29) is 18.1 Å². The summed E-state index contributed by atoms with van der Waals surface area (Å²) in [6, 6.07) is 16.5. The Kier molecular flexibility index (Phi) is 7.60. The fourth-order valence-electron chi connectivity index (χ4n) is 6.33. The van der Waals surface area contributed by atoms with E-state index in [0.717, 1.165) is 61.2 Å². The average molecular weight is 502 g/mol. The van der Waals surface area contributed by atoms with E-state index in [1.807, 2.05) is 18.2 Å². The van der Waals surface area contributed by atoms with E-state index >= 15 is 0 Å². The van der Waals surface area contributed by atoms with Gasteiger partial charge in [0.15, 0.2) is 0 Å². The molecule has 2 aromatic carbocycles. The number of carbonyl (C=O) groups is 1. The van der Waals surface area contributed by atoms with E-state index in [0.29, 0.717) is 23.7 Å². The van der Waals surface area contributed by atoms with Crippen LogP contribution in [0.15, 0.2) is 48.5 Å². The van der Waals surface area contributed by atoms with Crippen LogP contribution in [0.4, 0.5) is 5.69 Å². The third-order valence-electron chi connectivity index (χ3n) is 8.67. The van der Waals surface area contributed by atoms with Crippen molar-refractivity contribution in [3.05, 3.63) is 48.5 Å². The number of esters is 1. The largest absolute Gasteiger partial charge is 0.461 e. The third-order valence-corrected chi connectivity index (χ3v) is 8.67. The Bertz CT molecular complexity index is 1210. The molecule has 198 valence electrons. The number of anilines is 1. The molecule has 2 saturated carbocycles. The number of nitrogens with zero attached hydrogens (tertiary/aromatic N) is 3. The monoisotopic (exact) mass is 501 g/mol. The summed E-state index contributed by atoms with van der Waals surface area (Å²) in [5.41, 5.74) is 4.18. The first-order valence-electron chi connectivity index (χ1n) is 14.4. The Labute approximate surface area is 222 Å². The van der Waals surface area contributed by atoms with Crippen molar-refractivity contribution in [3.8, 4) is 11.4 Å². The van der Waals surface area contributed by atoms with E-state index in [9.17, 15) is 4.79 Å². The summed E-state index contributed by atoms with van der Waals surface area (Å²) in [6.45, 7) is 13.1. The number of fused-ring (bicyclic) bond motifs is 1. The number of carbonyl (C=O) groups excluding carboxylic acids is 1. The zero-order valence-electron chi connectivity index (χ0n) is 23.2. The molecule has 2 aliphatic rings. The molecule has 0 bridgehead atoms. The van der Waals surface area contributed by atoms with Gasteiger partial charge in [0.1, 0.15) is 18.0 Å². The minimum Gasteiger partial charge on any atom is -0.461 e. The molecule has 37 heavy (non-hydrogen) atoms. The van der Waals surface area contributed by atoms with Gasteiger partial charge in [-0.3, -0.25) is 0 Å². The highest BCUT2D eigenvalue weighted by molar-refractivity contribution is 5.85. The molecule has 1 unspecified atom stereocenters. The molecule has 2 fully saturated rings. The first-order chi connectivity index (χ1) is 17.9. The average Bonchev–Trinajstić information content (AvgIpc) is 3.65. The standard InChI is InChI=1S/C32H43N3O2/c1-6-34(7-2)25-17-15-24(16-18-25)31-33-27-10-8-9-11-28(27)35(31)30(23-13-14-23)32(36)37-29-20-22(5)12-19-26(29)21(3)4/h8-11,15-18,21-23,26,29-30H,6-7,12-14,19-20H2,1-5H3/t22?,26-,29+,30+/m0/s1. The van der Waals surface area contributed by atoms with Gasteiger partial charge in [-0.1, -0.05) is 39.3 Å². The van der Waals surface area contributed by atoms with Gasteiger partial charge in [0, 0.05) is 24.3 Å². The van der Waals surface area contributed by atoms with Crippen molar-refractivity contribution in [2.75, 3.05) is 18.0 Å². The lowest BCUT2D eigenvalue weighted by Gasteiger charge is -2.37. The molecule has 5 nitrogen and oxygen atoms in total. The van der Waals surface area contributed by atoms with Gasteiger partial charge in [-0.2, -0.15) is 0 Å². The second-order valence-corrected chi connectivity index (χ2v) is 11.6. The fraction of sp³-hybridized carbons (Fsp3) is 0.562. The number of aromatic nitrogens is 2. The summed E-state index contributed by atoms with van der Waals surface area (Å²) in [4.78, 5) is 21.4. The summed E-state index contributed by atoms with van der Waals surface area (Å²) >= 11 is 0. The minimum absolute atomic E-state index is 0.00379. The second kappa shape index (κ2) is 10.9. The molecule has 0 saturated heterocycles. The summed E-state index contributed by atoms with van der Waals surface area (Å²) in [6.07, 6.45) is 5.45. The van der Waals surface area contributed by atoms with Gasteiger partial charge in [0.25, 0.3) is 0 Å². The number of rotatable bonds is 9. The zero-order valence-corrected chi connectivity index (χ0v) is 23.2. The van der Waals surface area contributed by atoms with Crippen molar-refractivity contribution in [1.29, 1.82) is 0 Å². The van der Waals surface area contributed by atoms with Gasteiger partial charge in [-0.25, -0.2) is 9.78 Å². The van der Waals surface area contributed by atoms with Crippen LogP contribution in [0.1, 0.15) is 72.8 Å². The Morgan fingerprint density at radius 2 is 1.73 bits per heavy atom. The normalized spacial score (nSPS) is 22.8. The maximum absolute atomic E-state index is 14.0. The first kappa shape index (κ1) is 25.8. The molecule has 0 N–H and O–H groups in total. The predicted molar refractivity (Wildman–Crippen MR) is 152 cm³/mol. The zero-order chi connectivity index (χ0) is 26.1. The van der Waals surface area contributed by atoms with Crippen LogP contribution in [0.3, 0.4) is 0 Å². The molecule has 4 atom stereocenters.